The molecule has 0 saturated heterocycles. The van der Waals surface area contributed by atoms with Gasteiger partial charge in [-0.1, -0.05) is 6.07 Å². The van der Waals surface area contributed by atoms with Crippen LogP contribution in [0, 0.1) is 0 Å². The average molecular weight is 314 g/mol. The molecular formula is C10H6Br2N2. The van der Waals surface area contributed by atoms with E-state index in [4.69, 9.17) is 0 Å². The molecule has 2 aromatic heterocycles. The van der Waals surface area contributed by atoms with Crippen LogP contribution in [0.3, 0.4) is 0 Å². The van der Waals surface area contributed by atoms with E-state index in [0.717, 1.165) is 20.2 Å². The molecule has 0 aromatic carbocycles. The third-order valence-corrected chi connectivity index (χ3v) is 2.88. The predicted octanol–water partition coefficient (Wildman–Crippen LogP) is 3.67. The van der Waals surface area contributed by atoms with Gasteiger partial charge in [-0.3, -0.25) is 4.98 Å². The number of nitrogens with zero attached hydrogens (tertiary/aromatic N) is 2. The fourth-order valence-electron chi connectivity index (χ4n) is 1.14. The summed E-state index contributed by atoms with van der Waals surface area (Å²) in [6.45, 7) is 0. The number of aromatic nitrogens is 2. The molecule has 0 atom stereocenters. The lowest BCUT2D eigenvalue weighted by Crippen LogP contribution is -1.83. The molecule has 0 unspecified atom stereocenters. The lowest BCUT2D eigenvalue weighted by molar-refractivity contribution is 1.25. The first-order chi connectivity index (χ1) is 6.77. The molecule has 0 aliphatic carbocycles. The van der Waals surface area contributed by atoms with Crippen molar-refractivity contribution in [1.82, 2.24) is 9.97 Å². The van der Waals surface area contributed by atoms with Gasteiger partial charge in [-0.2, -0.15) is 0 Å². The Morgan fingerprint density at radius 3 is 2.64 bits per heavy atom. The van der Waals surface area contributed by atoms with E-state index in [1.54, 1.807) is 6.20 Å². The van der Waals surface area contributed by atoms with E-state index in [2.05, 4.69) is 41.8 Å². The second-order valence-electron chi connectivity index (χ2n) is 2.73. The quantitative estimate of drug-likeness (QED) is 0.751. The Morgan fingerprint density at radius 1 is 1.14 bits per heavy atom. The average Bonchev–Trinajstić information content (AvgIpc) is 2.19. The van der Waals surface area contributed by atoms with Crippen molar-refractivity contribution in [2.75, 3.05) is 0 Å². The Balaban J connectivity index is 2.53. The second kappa shape index (κ2) is 4.19. The summed E-state index contributed by atoms with van der Waals surface area (Å²) < 4.78 is 1.82. The van der Waals surface area contributed by atoms with Crippen molar-refractivity contribution >= 4 is 31.9 Å². The number of halogens is 2. The van der Waals surface area contributed by atoms with Gasteiger partial charge >= 0.3 is 0 Å². The Morgan fingerprint density at radius 2 is 2.00 bits per heavy atom. The minimum atomic E-state index is 0.817. The summed E-state index contributed by atoms with van der Waals surface area (Å²) >= 11 is 6.80. The third kappa shape index (κ3) is 2.01. The summed E-state index contributed by atoms with van der Waals surface area (Å²) in [7, 11) is 0. The molecule has 2 nitrogen and oxygen atoms in total. The molecule has 0 spiro atoms. The molecule has 0 bridgehead atoms. The molecule has 2 heterocycles. The maximum absolute atomic E-state index is 4.18. The van der Waals surface area contributed by atoms with E-state index >= 15 is 0 Å². The van der Waals surface area contributed by atoms with Gasteiger partial charge < -0.3 is 0 Å². The highest BCUT2D eigenvalue weighted by Crippen LogP contribution is 2.28. The van der Waals surface area contributed by atoms with Gasteiger partial charge in [-0.25, -0.2) is 4.98 Å². The van der Waals surface area contributed by atoms with Crippen LogP contribution in [0.15, 0.2) is 45.9 Å². The van der Waals surface area contributed by atoms with Crippen LogP contribution < -0.4 is 0 Å². The number of rotatable bonds is 1. The zero-order valence-corrected chi connectivity index (χ0v) is 10.3. The van der Waals surface area contributed by atoms with Crippen LogP contribution >= 0.6 is 31.9 Å². The summed E-state index contributed by atoms with van der Waals surface area (Å²) in [5.74, 6) is 0. The molecule has 4 heteroatoms. The minimum Gasteiger partial charge on any atom is -0.264 e. The number of pyridine rings is 2. The highest BCUT2D eigenvalue weighted by molar-refractivity contribution is 9.11. The van der Waals surface area contributed by atoms with Crippen LogP contribution in [-0.2, 0) is 0 Å². The molecule has 0 fully saturated rings. The second-order valence-corrected chi connectivity index (χ2v) is 4.40. The van der Waals surface area contributed by atoms with Crippen molar-refractivity contribution in [3.8, 4) is 11.1 Å². The van der Waals surface area contributed by atoms with Crippen LogP contribution in [0.1, 0.15) is 0 Å². The maximum atomic E-state index is 4.18. The largest absolute Gasteiger partial charge is 0.264 e. The van der Waals surface area contributed by atoms with Crippen molar-refractivity contribution < 1.29 is 0 Å². The fourth-order valence-corrected chi connectivity index (χ4v) is 2.33. The van der Waals surface area contributed by atoms with E-state index in [1.807, 2.05) is 30.6 Å². The number of hydrogen-bond donors (Lipinski definition) is 0. The smallest absolute Gasteiger partial charge is 0.107 e. The molecule has 70 valence electrons. The van der Waals surface area contributed by atoms with Gasteiger partial charge in [0.1, 0.15) is 4.60 Å². The van der Waals surface area contributed by atoms with Crippen molar-refractivity contribution in [1.29, 1.82) is 0 Å². The van der Waals surface area contributed by atoms with Gasteiger partial charge in [-0.05, 0) is 44.0 Å². The standard InChI is InChI=1S/C10H6Br2N2/c11-9-4-10(12)14-6-8(9)7-2-1-3-13-5-7/h1-6H. The predicted molar refractivity (Wildman–Crippen MR) is 62.9 cm³/mol. The van der Waals surface area contributed by atoms with Crippen molar-refractivity contribution in [3.05, 3.63) is 45.9 Å². The lowest BCUT2D eigenvalue weighted by Gasteiger charge is -2.03. The Labute approximate surface area is 98.7 Å². The van der Waals surface area contributed by atoms with Gasteiger partial charge in [0, 0.05) is 34.2 Å². The molecular weight excluding hydrogens is 308 g/mol. The van der Waals surface area contributed by atoms with E-state index in [-0.39, 0.29) is 0 Å². The molecule has 0 radical (unpaired) electrons. The summed E-state index contributed by atoms with van der Waals surface area (Å²) in [6.07, 6.45) is 5.38. The Kier molecular flexibility index (Phi) is 2.93. The van der Waals surface area contributed by atoms with Crippen molar-refractivity contribution in [3.63, 3.8) is 0 Å². The molecule has 2 rings (SSSR count). The van der Waals surface area contributed by atoms with E-state index in [1.165, 1.54) is 0 Å². The third-order valence-electron chi connectivity index (χ3n) is 1.79. The normalized spacial score (nSPS) is 10.1. The van der Waals surface area contributed by atoms with Crippen molar-refractivity contribution in [2.45, 2.75) is 0 Å². The Hall–Kier alpha value is -0.740. The molecule has 0 N–H and O–H groups in total. The highest BCUT2D eigenvalue weighted by atomic mass is 79.9. The number of hydrogen-bond acceptors (Lipinski definition) is 2. The molecule has 0 aliphatic rings. The molecule has 2 aromatic rings. The van der Waals surface area contributed by atoms with Gasteiger partial charge in [-0.15, -0.1) is 0 Å². The summed E-state index contributed by atoms with van der Waals surface area (Å²) in [4.78, 5) is 8.24. The van der Waals surface area contributed by atoms with Gasteiger partial charge in [0.25, 0.3) is 0 Å². The van der Waals surface area contributed by atoms with Gasteiger partial charge in [0.05, 0.1) is 0 Å². The summed E-state index contributed by atoms with van der Waals surface area (Å²) in [5.41, 5.74) is 2.10. The molecule has 0 saturated carbocycles. The van der Waals surface area contributed by atoms with Crippen molar-refractivity contribution in [2.24, 2.45) is 0 Å². The van der Waals surface area contributed by atoms with Crippen LogP contribution in [0.4, 0.5) is 0 Å². The first-order valence-corrected chi connectivity index (χ1v) is 5.57. The highest BCUT2D eigenvalue weighted by Gasteiger charge is 2.03. The summed E-state index contributed by atoms with van der Waals surface area (Å²) in [6, 6.07) is 5.83. The first-order valence-electron chi connectivity index (χ1n) is 3.99. The Bertz CT molecular complexity index is 443. The molecule has 0 amide bonds. The fraction of sp³-hybridized carbons (Fsp3) is 0. The maximum Gasteiger partial charge on any atom is 0.107 e. The van der Waals surface area contributed by atoms with Crippen LogP contribution in [0.25, 0.3) is 11.1 Å². The zero-order chi connectivity index (χ0) is 9.97. The van der Waals surface area contributed by atoms with E-state index in [9.17, 15) is 0 Å². The van der Waals surface area contributed by atoms with Gasteiger partial charge in [0.2, 0.25) is 0 Å². The van der Waals surface area contributed by atoms with E-state index < -0.39 is 0 Å². The topological polar surface area (TPSA) is 25.8 Å². The minimum absolute atomic E-state index is 0.817. The molecule has 0 aliphatic heterocycles. The van der Waals surface area contributed by atoms with Crippen LogP contribution in [0.5, 0.6) is 0 Å². The monoisotopic (exact) mass is 312 g/mol. The van der Waals surface area contributed by atoms with Gasteiger partial charge in [0.15, 0.2) is 0 Å². The van der Waals surface area contributed by atoms with E-state index in [0.29, 0.717) is 0 Å². The summed E-state index contributed by atoms with van der Waals surface area (Å²) in [5, 5.41) is 0. The van der Waals surface area contributed by atoms with Crippen LogP contribution in [-0.4, -0.2) is 9.97 Å². The molecule has 14 heavy (non-hydrogen) atoms. The lowest BCUT2D eigenvalue weighted by atomic mass is 10.1. The van der Waals surface area contributed by atoms with Crippen LogP contribution in [0.2, 0.25) is 0 Å². The SMILES string of the molecule is Brc1cc(Br)c(-c2cccnc2)cn1. The first kappa shape index (κ1) is 9.80. The zero-order valence-electron chi connectivity index (χ0n) is 7.11.